The maximum Gasteiger partial charge on any atom is 0.241 e. The largest absolute Gasteiger partial charge is 0.492 e. The van der Waals surface area contributed by atoms with E-state index in [0.717, 1.165) is 18.7 Å². The molecule has 1 atom stereocenters. The number of hydrogen-bond acceptors (Lipinski definition) is 5. The molecule has 0 aliphatic carbocycles. The lowest BCUT2D eigenvalue weighted by Crippen LogP contribution is -2.54. The van der Waals surface area contributed by atoms with Gasteiger partial charge in [-0.3, -0.25) is 4.79 Å². The molecule has 31 heavy (non-hydrogen) atoms. The fourth-order valence-corrected chi connectivity index (χ4v) is 4.97. The Balaban J connectivity index is 1.84. The van der Waals surface area contributed by atoms with Crippen LogP contribution in [0.3, 0.4) is 0 Å². The predicted molar refractivity (Wildman–Crippen MR) is 121 cm³/mol. The van der Waals surface area contributed by atoms with E-state index in [4.69, 9.17) is 16.3 Å². The molecule has 9 heteroatoms. The lowest BCUT2D eigenvalue weighted by molar-refractivity contribution is -0.134. The van der Waals surface area contributed by atoms with Crippen LogP contribution >= 0.6 is 11.6 Å². The molecule has 1 unspecified atom stereocenters. The van der Waals surface area contributed by atoms with Crippen LogP contribution in [0.25, 0.3) is 0 Å². The van der Waals surface area contributed by atoms with Crippen molar-refractivity contribution in [2.75, 3.05) is 39.8 Å². The zero-order valence-corrected chi connectivity index (χ0v) is 19.3. The van der Waals surface area contributed by atoms with Gasteiger partial charge in [0, 0.05) is 26.2 Å². The van der Waals surface area contributed by atoms with E-state index < -0.39 is 16.1 Å². The molecular formula is C22H28ClN3O4S. The SMILES string of the molecule is CCOc1ccc(S(=O)(=O)NC(Cc2ccccc2)C(=O)N2CCN(C)CC2)cc1Cl. The summed E-state index contributed by atoms with van der Waals surface area (Å²) < 4.78 is 34.2. The molecule has 7 nitrogen and oxygen atoms in total. The van der Waals surface area contributed by atoms with E-state index in [1.54, 1.807) is 4.90 Å². The van der Waals surface area contributed by atoms with E-state index >= 15 is 0 Å². The van der Waals surface area contributed by atoms with Crippen LogP contribution in [0.15, 0.2) is 53.4 Å². The number of amides is 1. The number of benzene rings is 2. The van der Waals surface area contributed by atoms with Gasteiger partial charge in [0.2, 0.25) is 15.9 Å². The lowest BCUT2D eigenvalue weighted by Gasteiger charge is -2.34. The van der Waals surface area contributed by atoms with Crippen molar-refractivity contribution in [1.82, 2.24) is 14.5 Å². The van der Waals surface area contributed by atoms with Crippen molar-refractivity contribution < 1.29 is 17.9 Å². The Hall–Kier alpha value is -2.13. The number of rotatable bonds is 8. The molecule has 1 N–H and O–H groups in total. The first-order valence-electron chi connectivity index (χ1n) is 10.3. The van der Waals surface area contributed by atoms with Crippen LogP contribution in [-0.4, -0.2) is 70.0 Å². The van der Waals surface area contributed by atoms with E-state index in [-0.39, 0.29) is 22.2 Å². The number of piperazine rings is 1. The van der Waals surface area contributed by atoms with Gasteiger partial charge in [0.25, 0.3) is 0 Å². The lowest BCUT2D eigenvalue weighted by atomic mass is 10.1. The van der Waals surface area contributed by atoms with Gasteiger partial charge < -0.3 is 14.5 Å². The summed E-state index contributed by atoms with van der Waals surface area (Å²) in [5.74, 6) is 0.190. The van der Waals surface area contributed by atoms with Crippen LogP contribution < -0.4 is 9.46 Å². The van der Waals surface area contributed by atoms with Gasteiger partial charge in [-0.2, -0.15) is 4.72 Å². The minimum atomic E-state index is -3.98. The number of sulfonamides is 1. The standard InChI is InChI=1S/C22H28ClN3O4S/c1-3-30-21-10-9-18(16-19(21)23)31(28,29)24-20(15-17-7-5-4-6-8-17)22(27)26-13-11-25(2)12-14-26/h4-10,16,20,24H,3,11-15H2,1-2H3. The zero-order valence-electron chi connectivity index (χ0n) is 17.8. The number of likely N-dealkylation sites (N-methyl/N-ethyl adjacent to an activating group) is 1. The summed E-state index contributed by atoms with van der Waals surface area (Å²) in [5, 5.41) is 0.203. The minimum absolute atomic E-state index is 0.00908. The van der Waals surface area contributed by atoms with E-state index in [2.05, 4.69) is 9.62 Å². The Morgan fingerprint density at radius 1 is 1.13 bits per heavy atom. The molecule has 1 heterocycles. The first kappa shape index (κ1) is 23.5. The highest BCUT2D eigenvalue weighted by atomic mass is 35.5. The molecule has 2 aromatic rings. The summed E-state index contributed by atoms with van der Waals surface area (Å²) >= 11 is 6.18. The number of ether oxygens (including phenoxy) is 1. The van der Waals surface area contributed by atoms with Gasteiger partial charge in [0.15, 0.2) is 0 Å². The van der Waals surface area contributed by atoms with Crippen molar-refractivity contribution in [3.63, 3.8) is 0 Å². The molecule has 3 rings (SSSR count). The smallest absolute Gasteiger partial charge is 0.241 e. The summed E-state index contributed by atoms with van der Waals surface area (Å²) in [6.45, 7) is 4.88. The van der Waals surface area contributed by atoms with Crippen molar-refractivity contribution in [2.45, 2.75) is 24.3 Å². The second kappa shape index (κ2) is 10.5. The van der Waals surface area contributed by atoms with E-state index in [0.29, 0.717) is 25.4 Å². The zero-order chi connectivity index (χ0) is 22.4. The van der Waals surface area contributed by atoms with Crippen molar-refractivity contribution in [3.05, 3.63) is 59.1 Å². The van der Waals surface area contributed by atoms with Crippen molar-refractivity contribution >= 4 is 27.5 Å². The second-order valence-electron chi connectivity index (χ2n) is 7.52. The third kappa shape index (κ3) is 6.20. The molecule has 0 spiro atoms. The van der Waals surface area contributed by atoms with E-state index in [9.17, 15) is 13.2 Å². The number of hydrogen-bond donors (Lipinski definition) is 1. The molecule has 2 aromatic carbocycles. The predicted octanol–water partition coefficient (Wildman–Crippen LogP) is 2.40. The molecule has 1 saturated heterocycles. The monoisotopic (exact) mass is 465 g/mol. The highest BCUT2D eigenvalue weighted by Crippen LogP contribution is 2.27. The average Bonchev–Trinajstić information content (AvgIpc) is 2.75. The number of carbonyl (C=O) groups excluding carboxylic acids is 1. The van der Waals surface area contributed by atoms with Crippen LogP contribution in [-0.2, 0) is 21.2 Å². The third-order valence-electron chi connectivity index (χ3n) is 5.21. The Morgan fingerprint density at radius 2 is 1.81 bits per heavy atom. The summed E-state index contributed by atoms with van der Waals surface area (Å²) in [4.78, 5) is 17.1. The number of nitrogens with one attached hydrogen (secondary N) is 1. The number of halogens is 1. The van der Waals surface area contributed by atoms with Gasteiger partial charge in [-0.05, 0) is 44.2 Å². The molecule has 0 radical (unpaired) electrons. The van der Waals surface area contributed by atoms with Gasteiger partial charge >= 0.3 is 0 Å². The molecule has 168 valence electrons. The third-order valence-corrected chi connectivity index (χ3v) is 6.97. The maximum absolute atomic E-state index is 13.3. The van der Waals surface area contributed by atoms with Crippen LogP contribution in [0.2, 0.25) is 5.02 Å². The van der Waals surface area contributed by atoms with Gasteiger partial charge in [-0.1, -0.05) is 41.9 Å². The molecule has 1 amide bonds. The Labute approximate surface area is 189 Å². The summed E-state index contributed by atoms with van der Waals surface area (Å²) in [6, 6.07) is 12.8. The fourth-order valence-electron chi connectivity index (χ4n) is 3.45. The number of carbonyl (C=O) groups is 1. The highest BCUT2D eigenvalue weighted by molar-refractivity contribution is 7.89. The molecule has 0 bridgehead atoms. The summed E-state index contributed by atoms with van der Waals surface area (Å²) in [6.07, 6.45) is 0.260. The van der Waals surface area contributed by atoms with Gasteiger partial charge in [-0.15, -0.1) is 0 Å². The summed E-state index contributed by atoms with van der Waals surface area (Å²) in [5.41, 5.74) is 0.877. The van der Waals surface area contributed by atoms with Crippen molar-refractivity contribution in [3.8, 4) is 5.75 Å². The van der Waals surface area contributed by atoms with Gasteiger partial charge in [0.1, 0.15) is 11.8 Å². The Bertz CT molecular complexity index is 993. The summed E-state index contributed by atoms with van der Waals surface area (Å²) in [7, 11) is -1.97. The molecule has 1 aliphatic rings. The maximum atomic E-state index is 13.3. The van der Waals surface area contributed by atoms with E-state index in [1.165, 1.54) is 18.2 Å². The Kier molecular flexibility index (Phi) is 7.94. The minimum Gasteiger partial charge on any atom is -0.492 e. The molecule has 1 aliphatic heterocycles. The molecule has 1 fully saturated rings. The first-order chi connectivity index (χ1) is 14.8. The molecular weight excluding hydrogens is 438 g/mol. The van der Waals surface area contributed by atoms with Crippen LogP contribution in [0.5, 0.6) is 5.75 Å². The molecule has 0 aromatic heterocycles. The average molecular weight is 466 g/mol. The van der Waals surface area contributed by atoms with Gasteiger partial charge in [-0.25, -0.2) is 8.42 Å². The molecule has 0 saturated carbocycles. The van der Waals surface area contributed by atoms with Crippen LogP contribution in [0.4, 0.5) is 0 Å². The topological polar surface area (TPSA) is 78.9 Å². The number of nitrogens with zero attached hydrogens (tertiary/aromatic N) is 2. The normalized spacial score (nSPS) is 16.2. The van der Waals surface area contributed by atoms with Crippen LogP contribution in [0, 0.1) is 0 Å². The fraction of sp³-hybridized carbons (Fsp3) is 0.409. The Morgan fingerprint density at radius 3 is 2.42 bits per heavy atom. The second-order valence-corrected chi connectivity index (χ2v) is 9.64. The van der Waals surface area contributed by atoms with E-state index in [1.807, 2.05) is 44.3 Å². The highest BCUT2D eigenvalue weighted by Gasteiger charge is 2.31. The first-order valence-corrected chi connectivity index (χ1v) is 12.1. The van der Waals surface area contributed by atoms with Crippen molar-refractivity contribution in [2.24, 2.45) is 0 Å². The van der Waals surface area contributed by atoms with Crippen LogP contribution in [0.1, 0.15) is 12.5 Å². The quantitative estimate of drug-likeness (QED) is 0.647. The van der Waals surface area contributed by atoms with Crippen molar-refractivity contribution in [1.29, 1.82) is 0 Å². The van der Waals surface area contributed by atoms with Gasteiger partial charge in [0.05, 0.1) is 16.5 Å².